The van der Waals surface area contributed by atoms with Crippen LogP contribution >= 0.6 is 0 Å². The van der Waals surface area contributed by atoms with Crippen molar-refractivity contribution in [1.82, 2.24) is 10.6 Å². The molecule has 0 aliphatic heterocycles. The van der Waals surface area contributed by atoms with Crippen molar-refractivity contribution >= 4 is 0 Å². The van der Waals surface area contributed by atoms with E-state index in [0.29, 0.717) is 0 Å². The summed E-state index contributed by atoms with van der Waals surface area (Å²) in [5.41, 5.74) is 0. The number of hydrogen-bond donors (Lipinski definition) is 2. The minimum Gasteiger partial charge on any atom is -0.382 e. The number of ether oxygens (including phenoxy) is 1. The van der Waals surface area contributed by atoms with Crippen LogP contribution in [0.25, 0.3) is 0 Å². The van der Waals surface area contributed by atoms with Gasteiger partial charge in [-0.25, -0.2) is 0 Å². The molecule has 0 spiro atoms. The van der Waals surface area contributed by atoms with Crippen molar-refractivity contribution in [3.8, 4) is 0 Å². The van der Waals surface area contributed by atoms with Crippen LogP contribution in [0.5, 0.6) is 0 Å². The van der Waals surface area contributed by atoms with E-state index >= 15 is 0 Å². The van der Waals surface area contributed by atoms with Crippen molar-refractivity contribution in [1.29, 1.82) is 0 Å². The Bertz CT molecular complexity index is 61.1. The lowest BCUT2D eigenvalue weighted by Crippen LogP contribution is -2.26. The minimum absolute atomic E-state index is 0.830. The molecule has 3 nitrogen and oxygen atoms in total. The smallest absolute Gasteiger partial charge is 0.0477 e. The van der Waals surface area contributed by atoms with E-state index in [2.05, 4.69) is 10.6 Å². The van der Waals surface area contributed by atoms with E-state index in [9.17, 15) is 0 Å². The van der Waals surface area contributed by atoms with E-state index in [1.165, 1.54) is 0 Å². The molecular formula is C8H20N2O. The highest BCUT2D eigenvalue weighted by atomic mass is 16.5. The van der Waals surface area contributed by atoms with E-state index in [0.717, 1.165) is 39.3 Å². The maximum absolute atomic E-state index is 5.18. The molecule has 0 amide bonds. The summed E-state index contributed by atoms with van der Waals surface area (Å²) in [6.07, 6.45) is 1.11. The maximum Gasteiger partial charge on any atom is 0.0477 e. The van der Waals surface area contributed by atoms with Crippen molar-refractivity contribution < 1.29 is 4.74 Å². The van der Waals surface area contributed by atoms with Gasteiger partial charge in [-0.05, 0) is 26.9 Å². The average Bonchev–Trinajstić information content (AvgIpc) is 2.03. The molecule has 0 aromatic heterocycles. The summed E-state index contributed by atoms with van der Waals surface area (Å²) >= 11 is 0. The van der Waals surface area contributed by atoms with Gasteiger partial charge >= 0.3 is 0 Å². The summed E-state index contributed by atoms with van der Waals surface area (Å²) in [6, 6.07) is 0. The second-order valence-electron chi connectivity index (χ2n) is 2.40. The monoisotopic (exact) mass is 160 g/mol. The summed E-state index contributed by atoms with van der Waals surface area (Å²) in [5.74, 6) is 0. The molecule has 0 radical (unpaired) electrons. The van der Waals surface area contributed by atoms with E-state index < -0.39 is 0 Å². The normalized spacial score (nSPS) is 10.4. The third-order valence-electron chi connectivity index (χ3n) is 1.40. The van der Waals surface area contributed by atoms with Crippen LogP contribution in [0, 0.1) is 0 Å². The van der Waals surface area contributed by atoms with Crippen molar-refractivity contribution in [3.05, 3.63) is 0 Å². The van der Waals surface area contributed by atoms with Crippen LogP contribution in [0.3, 0.4) is 0 Å². The van der Waals surface area contributed by atoms with Gasteiger partial charge < -0.3 is 15.4 Å². The van der Waals surface area contributed by atoms with Crippen LogP contribution in [-0.2, 0) is 4.74 Å². The van der Waals surface area contributed by atoms with Crippen LogP contribution < -0.4 is 10.6 Å². The first-order chi connectivity index (χ1) is 5.41. The predicted octanol–water partition coefficient (Wildman–Crippen LogP) is 0.222. The Morgan fingerprint density at radius 1 is 1.18 bits per heavy atom. The molecule has 0 atom stereocenters. The third kappa shape index (κ3) is 9.88. The maximum atomic E-state index is 5.18. The summed E-state index contributed by atoms with van der Waals surface area (Å²) in [5, 5.41) is 6.38. The molecule has 0 aliphatic carbocycles. The van der Waals surface area contributed by atoms with Crippen LogP contribution in [0.2, 0.25) is 0 Å². The molecule has 0 heterocycles. The molecule has 0 unspecified atom stereocenters. The lowest BCUT2D eigenvalue weighted by Gasteiger charge is -2.03. The summed E-state index contributed by atoms with van der Waals surface area (Å²) in [6.45, 7) is 6.87. The van der Waals surface area contributed by atoms with Gasteiger partial charge in [0.2, 0.25) is 0 Å². The fourth-order valence-electron chi connectivity index (χ4n) is 0.782. The second-order valence-corrected chi connectivity index (χ2v) is 2.40. The highest BCUT2D eigenvalue weighted by Crippen LogP contribution is 1.78. The van der Waals surface area contributed by atoms with Crippen molar-refractivity contribution in [2.45, 2.75) is 13.3 Å². The second kappa shape index (κ2) is 9.88. The molecule has 0 saturated heterocycles. The molecule has 0 aromatic carbocycles. The van der Waals surface area contributed by atoms with E-state index in [4.69, 9.17) is 4.74 Å². The number of hydrogen-bond acceptors (Lipinski definition) is 3. The van der Waals surface area contributed by atoms with Gasteiger partial charge in [0, 0.05) is 26.3 Å². The zero-order valence-corrected chi connectivity index (χ0v) is 7.65. The van der Waals surface area contributed by atoms with Crippen molar-refractivity contribution in [2.75, 3.05) is 39.9 Å². The Kier molecular flexibility index (Phi) is 9.77. The Morgan fingerprint density at radius 2 is 2.00 bits per heavy atom. The minimum atomic E-state index is 0.830. The van der Waals surface area contributed by atoms with Gasteiger partial charge in [-0.1, -0.05) is 0 Å². The fourth-order valence-corrected chi connectivity index (χ4v) is 0.782. The van der Waals surface area contributed by atoms with E-state index in [1.54, 1.807) is 0 Å². The van der Waals surface area contributed by atoms with E-state index in [-0.39, 0.29) is 0 Å². The van der Waals surface area contributed by atoms with Gasteiger partial charge in [0.25, 0.3) is 0 Å². The van der Waals surface area contributed by atoms with Gasteiger partial charge in [-0.3, -0.25) is 0 Å². The van der Waals surface area contributed by atoms with Crippen LogP contribution in [0.4, 0.5) is 0 Å². The number of rotatable bonds is 8. The summed E-state index contributed by atoms with van der Waals surface area (Å²) in [7, 11) is 1.96. The van der Waals surface area contributed by atoms with Crippen molar-refractivity contribution in [3.63, 3.8) is 0 Å². The Morgan fingerprint density at radius 3 is 2.64 bits per heavy atom. The Balaban J connectivity index is 2.69. The molecule has 0 aromatic rings. The molecule has 11 heavy (non-hydrogen) atoms. The van der Waals surface area contributed by atoms with Crippen molar-refractivity contribution in [2.24, 2.45) is 0 Å². The Hall–Kier alpha value is -0.120. The fraction of sp³-hybridized carbons (Fsp3) is 1.00. The molecular weight excluding hydrogens is 140 g/mol. The number of likely N-dealkylation sites (N-methyl/N-ethyl adjacent to an activating group) is 1. The lowest BCUT2D eigenvalue weighted by atomic mass is 10.4. The van der Waals surface area contributed by atoms with Gasteiger partial charge in [-0.15, -0.1) is 0 Å². The first-order valence-corrected chi connectivity index (χ1v) is 4.35. The predicted molar refractivity (Wildman–Crippen MR) is 47.9 cm³/mol. The van der Waals surface area contributed by atoms with Crippen LogP contribution in [0.15, 0.2) is 0 Å². The summed E-state index contributed by atoms with van der Waals surface area (Å²) < 4.78 is 5.18. The molecule has 0 bridgehead atoms. The molecule has 2 N–H and O–H groups in total. The van der Waals surface area contributed by atoms with Gasteiger partial charge in [0.1, 0.15) is 0 Å². The molecule has 0 aliphatic rings. The molecule has 0 saturated carbocycles. The standard InChI is InChI=1S/C8H20N2O/c1-3-11-8-4-5-10-7-6-9-2/h9-10H,3-8H2,1-2H3. The zero-order chi connectivity index (χ0) is 8.36. The molecule has 3 heteroatoms. The topological polar surface area (TPSA) is 33.3 Å². The largest absolute Gasteiger partial charge is 0.382 e. The van der Waals surface area contributed by atoms with Gasteiger partial charge in [0.05, 0.1) is 0 Å². The highest BCUT2D eigenvalue weighted by Gasteiger charge is 1.86. The highest BCUT2D eigenvalue weighted by molar-refractivity contribution is 4.48. The first kappa shape index (κ1) is 10.9. The quantitative estimate of drug-likeness (QED) is 0.498. The van der Waals surface area contributed by atoms with Crippen LogP contribution in [0.1, 0.15) is 13.3 Å². The van der Waals surface area contributed by atoms with Crippen LogP contribution in [-0.4, -0.2) is 39.9 Å². The lowest BCUT2D eigenvalue weighted by molar-refractivity contribution is 0.145. The molecule has 0 rings (SSSR count). The van der Waals surface area contributed by atoms with E-state index in [1.807, 2.05) is 14.0 Å². The zero-order valence-electron chi connectivity index (χ0n) is 7.65. The SMILES string of the molecule is CCOCCCNCCNC. The molecule has 68 valence electrons. The number of nitrogens with one attached hydrogen (secondary N) is 2. The first-order valence-electron chi connectivity index (χ1n) is 4.35. The summed E-state index contributed by atoms with van der Waals surface area (Å²) in [4.78, 5) is 0. The van der Waals surface area contributed by atoms with Gasteiger partial charge in [0.15, 0.2) is 0 Å². The van der Waals surface area contributed by atoms with Gasteiger partial charge in [-0.2, -0.15) is 0 Å². The Labute approximate surface area is 69.5 Å². The third-order valence-corrected chi connectivity index (χ3v) is 1.40. The average molecular weight is 160 g/mol. The molecule has 0 fully saturated rings.